The van der Waals surface area contributed by atoms with Crippen LogP contribution in [0.15, 0.2) is 23.1 Å². The molecule has 1 aliphatic rings. The summed E-state index contributed by atoms with van der Waals surface area (Å²) in [6, 6.07) is 4.00. The van der Waals surface area contributed by atoms with Gasteiger partial charge in [-0.2, -0.15) is 4.31 Å². The quantitative estimate of drug-likeness (QED) is 0.929. The summed E-state index contributed by atoms with van der Waals surface area (Å²) in [4.78, 5) is 0.176. The van der Waals surface area contributed by atoms with Gasteiger partial charge in [-0.3, -0.25) is 0 Å². The van der Waals surface area contributed by atoms with E-state index < -0.39 is 10.0 Å². The third kappa shape index (κ3) is 3.27. The summed E-state index contributed by atoms with van der Waals surface area (Å²) in [6.07, 6.45) is 2.78. The van der Waals surface area contributed by atoms with Gasteiger partial charge in [0.25, 0.3) is 0 Å². The number of hydrogen-bond donors (Lipinski definition) is 1. The summed E-state index contributed by atoms with van der Waals surface area (Å²) in [5.74, 6) is -0.386. The number of piperidine rings is 1. The maximum absolute atomic E-state index is 13.7. The van der Waals surface area contributed by atoms with E-state index in [9.17, 15) is 12.8 Å². The second-order valence-electron chi connectivity index (χ2n) is 5.75. The van der Waals surface area contributed by atoms with E-state index in [0.29, 0.717) is 12.1 Å². The molecule has 0 saturated carbocycles. The first-order valence-corrected chi connectivity index (χ1v) is 8.78. The Labute approximate surface area is 126 Å². The Morgan fingerprint density at radius 3 is 2.48 bits per heavy atom. The van der Waals surface area contributed by atoms with Crippen molar-refractivity contribution in [1.82, 2.24) is 9.62 Å². The zero-order valence-electron chi connectivity index (χ0n) is 12.8. The smallest absolute Gasteiger partial charge is 0.243 e. The van der Waals surface area contributed by atoms with Gasteiger partial charge in [0.05, 0.1) is 4.90 Å². The fourth-order valence-corrected chi connectivity index (χ4v) is 4.96. The molecular weight excluding hydrogens is 291 g/mol. The van der Waals surface area contributed by atoms with E-state index in [4.69, 9.17) is 0 Å². The first kappa shape index (κ1) is 16.4. The summed E-state index contributed by atoms with van der Waals surface area (Å²) in [6.45, 7) is 4.18. The Kier molecular flexibility index (Phi) is 5.01. The van der Waals surface area contributed by atoms with Gasteiger partial charge < -0.3 is 5.32 Å². The predicted molar refractivity (Wildman–Crippen MR) is 81.0 cm³/mol. The van der Waals surface area contributed by atoms with Crippen molar-refractivity contribution < 1.29 is 12.8 Å². The highest BCUT2D eigenvalue weighted by Crippen LogP contribution is 2.30. The average Bonchev–Trinajstić information content (AvgIpc) is 2.41. The summed E-state index contributed by atoms with van der Waals surface area (Å²) in [5.41, 5.74) is 0.371. The topological polar surface area (TPSA) is 49.4 Å². The number of halogens is 1. The minimum absolute atomic E-state index is 0.0171. The van der Waals surface area contributed by atoms with Gasteiger partial charge in [0.15, 0.2) is 0 Å². The molecule has 6 heteroatoms. The van der Waals surface area contributed by atoms with Crippen LogP contribution in [0.5, 0.6) is 0 Å². The molecule has 0 spiro atoms. The van der Waals surface area contributed by atoms with Crippen LogP contribution in [0, 0.1) is 5.82 Å². The Morgan fingerprint density at radius 1 is 1.29 bits per heavy atom. The molecule has 2 atom stereocenters. The van der Waals surface area contributed by atoms with Gasteiger partial charge in [-0.25, -0.2) is 12.8 Å². The van der Waals surface area contributed by atoms with E-state index >= 15 is 0 Å². The van der Waals surface area contributed by atoms with E-state index in [1.807, 2.05) is 13.8 Å². The molecule has 118 valence electrons. The van der Waals surface area contributed by atoms with Crippen molar-refractivity contribution in [3.63, 3.8) is 0 Å². The molecule has 1 aromatic rings. The number of benzene rings is 1. The molecule has 1 heterocycles. The van der Waals surface area contributed by atoms with E-state index in [0.717, 1.165) is 19.3 Å². The molecule has 1 N–H and O–H groups in total. The third-order valence-electron chi connectivity index (χ3n) is 4.07. The molecule has 1 fully saturated rings. The lowest BCUT2D eigenvalue weighted by Crippen LogP contribution is -2.47. The molecule has 1 aliphatic heterocycles. The number of nitrogens with zero attached hydrogens (tertiary/aromatic N) is 1. The molecule has 1 aromatic carbocycles. The van der Waals surface area contributed by atoms with E-state index in [1.54, 1.807) is 11.4 Å². The molecule has 1 saturated heterocycles. The van der Waals surface area contributed by atoms with Crippen LogP contribution in [0.25, 0.3) is 0 Å². The normalized spacial score (nSPS) is 24.2. The fourth-order valence-electron chi connectivity index (χ4n) is 3.03. The zero-order chi connectivity index (χ0) is 15.6. The SMILES string of the molecule is CNCc1cc(S(=O)(=O)N2C(C)CCCC2C)ccc1F. The van der Waals surface area contributed by atoms with Gasteiger partial charge in [-0.05, 0) is 51.9 Å². The lowest BCUT2D eigenvalue weighted by molar-refractivity contribution is 0.204. The van der Waals surface area contributed by atoms with Crippen molar-refractivity contribution in [2.24, 2.45) is 0 Å². The third-order valence-corrected chi connectivity index (χ3v) is 6.20. The highest BCUT2D eigenvalue weighted by Gasteiger charge is 2.35. The lowest BCUT2D eigenvalue weighted by Gasteiger charge is -2.37. The summed E-state index contributed by atoms with van der Waals surface area (Å²) in [5, 5.41) is 2.85. The monoisotopic (exact) mass is 314 g/mol. The Balaban J connectivity index is 2.41. The van der Waals surface area contributed by atoms with Crippen LogP contribution in [-0.2, 0) is 16.6 Å². The summed E-state index contributed by atoms with van der Waals surface area (Å²) >= 11 is 0. The van der Waals surface area contributed by atoms with Crippen LogP contribution in [0.4, 0.5) is 4.39 Å². The standard InChI is InChI=1S/C15H23FN2O2S/c1-11-5-4-6-12(2)18(11)21(19,20)14-7-8-15(16)13(9-14)10-17-3/h7-9,11-12,17H,4-6,10H2,1-3H3. The lowest BCUT2D eigenvalue weighted by atomic mass is 10.0. The largest absolute Gasteiger partial charge is 0.316 e. The molecule has 0 aliphatic carbocycles. The molecular formula is C15H23FN2O2S. The number of rotatable bonds is 4. The summed E-state index contributed by atoms with van der Waals surface area (Å²) < 4.78 is 41.0. The van der Waals surface area contributed by atoms with Gasteiger partial charge >= 0.3 is 0 Å². The van der Waals surface area contributed by atoms with Crippen molar-refractivity contribution in [2.75, 3.05) is 7.05 Å². The number of hydrogen-bond acceptors (Lipinski definition) is 3. The van der Waals surface area contributed by atoms with Gasteiger partial charge in [0, 0.05) is 24.2 Å². The molecule has 2 rings (SSSR count). The van der Waals surface area contributed by atoms with Crippen LogP contribution in [-0.4, -0.2) is 31.9 Å². The van der Waals surface area contributed by atoms with E-state index in [-0.39, 0.29) is 22.8 Å². The van der Waals surface area contributed by atoms with Crippen molar-refractivity contribution in [1.29, 1.82) is 0 Å². The first-order valence-electron chi connectivity index (χ1n) is 7.34. The molecule has 0 aromatic heterocycles. The van der Waals surface area contributed by atoms with Gasteiger partial charge in [-0.15, -0.1) is 0 Å². The Hall–Kier alpha value is -0.980. The van der Waals surface area contributed by atoms with Crippen molar-refractivity contribution in [3.05, 3.63) is 29.6 Å². The van der Waals surface area contributed by atoms with Crippen LogP contribution in [0.1, 0.15) is 38.7 Å². The maximum atomic E-state index is 13.7. The van der Waals surface area contributed by atoms with Crippen LogP contribution in [0.3, 0.4) is 0 Å². The van der Waals surface area contributed by atoms with Gasteiger partial charge in [0.2, 0.25) is 10.0 Å². The van der Waals surface area contributed by atoms with Gasteiger partial charge in [0.1, 0.15) is 5.82 Å². The molecule has 2 unspecified atom stereocenters. The van der Waals surface area contributed by atoms with E-state index in [1.165, 1.54) is 18.2 Å². The fraction of sp³-hybridized carbons (Fsp3) is 0.600. The highest BCUT2D eigenvalue weighted by atomic mass is 32.2. The summed E-state index contributed by atoms with van der Waals surface area (Å²) in [7, 11) is -1.88. The van der Waals surface area contributed by atoms with Crippen molar-refractivity contribution in [3.8, 4) is 0 Å². The highest BCUT2D eigenvalue weighted by molar-refractivity contribution is 7.89. The van der Waals surface area contributed by atoms with Crippen LogP contribution < -0.4 is 5.32 Å². The molecule has 4 nitrogen and oxygen atoms in total. The maximum Gasteiger partial charge on any atom is 0.243 e. The predicted octanol–water partition coefficient (Wildman–Crippen LogP) is 2.50. The van der Waals surface area contributed by atoms with E-state index in [2.05, 4.69) is 5.32 Å². The van der Waals surface area contributed by atoms with Crippen LogP contribution in [0.2, 0.25) is 0 Å². The molecule has 21 heavy (non-hydrogen) atoms. The molecule has 0 bridgehead atoms. The van der Waals surface area contributed by atoms with Crippen molar-refractivity contribution >= 4 is 10.0 Å². The number of nitrogens with one attached hydrogen (secondary N) is 1. The minimum Gasteiger partial charge on any atom is -0.316 e. The Morgan fingerprint density at radius 2 is 1.90 bits per heavy atom. The zero-order valence-corrected chi connectivity index (χ0v) is 13.6. The second kappa shape index (κ2) is 6.42. The second-order valence-corrected chi connectivity index (χ2v) is 7.59. The molecule has 0 amide bonds. The van der Waals surface area contributed by atoms with Gasteiger partial charge in [-0.1, -0.05) is 6.42 Å². The first-order chi connectivity index (χ1) is 9.87. The van der Waals surface area contributed by atoms with Crippen LogP contribution >= 0.6 is 0 Å². The average molecular weight is 314 g/mol. The van der Waals surface area contributed by atoms with Crippen molar-refractivity contribution in [2.45, 2.75) is 56.6 Å². The Bertz CT molecular complexity index is 594. The number of sulfonamides is 1. The molecule has 0 radical (unpaired) electrons. The minimum atomic E-state index is -3.58.